The number of carboxylic acid groups (broad SMARTS) is 1. The summed E-state index contributed by atoms with van der Waals surface area (Å²) in [5.41, 5.74) is 0. The van der Waals surface area contributed by atoms with E-state index in [0.717, 1.165) is 12.8 Å². The molecule has 0 radical (unpaired) electrons. The molecule has 0 spiro atoms. The van der Waals surface area contributed by atoms with E-state index in [2.05, 4.69) is 13.8 Å². The van der Waals surface area contributed by atoms with Crippen molar-refractivity contribution in [1.82, 2.24) is 0 Å². The second-order valence-corrected chi connectivity index (χ2v) is 4.76. The Morgan fingerprint density at radius 2 is 2.08 bits per heavy atom. The van der Waals surface area contributed by atoms with Crippen LogP contribution in [0.15, 0.2) is 0 Å². The summed E-state index contributed by atoms with van der Waals surface area (Å²) in [4.78, 5) is 11.1. The maximum atomic E-state index is 11.1. The van der Waals surface area contributed by atoms with Crippen LogP contribution in [0.25, 0.3) is 0 Å². The van der Waals surface area contributed by atoms with Gasteiger partial charge in [0.1, 0.15) is 4.75 Å². The first-order valence-electron chi connectivity index (χ1n) is 4.81. The minimum atomic E-state index is -0.664. The van der Waals surface area contributed by atoms with E-state index in [4.69, 9.17) is 5.11 Å². The molecule has 0 saturated heterocycles. The molecule has 1 N–H and O–H groups in total. The maximum absolute atomic E-state index is 11.1. The molecule has 0 amide bonds. The van der Waals surface area contributed by atoms with Crippen LogP contribution in [-0.2, 0) is 4.79 Å². The van der Waals surface area contributed by atoms with Gasteiger partial charge in [-0.3, -0.25) is 4.79 Å². The molecule has 0 saturated carbocycles. The molecule has 0 aromatic carbocycles. The highest BCUT2D eigenvalue weighted by Gasteiger charge is 2.36. The van der Waals surface area contributed by atoms with Crippen LogP contribution in [0.1, 0.15) is 40.0 Å². The first-order valence-corrected chi connectivity index (χ1v) is 6.03. The van der Waals surface area contributed by atoms with E-state index in [-0.39, 0.29) is 0 Å². The van der Waals surface area contributed by atoms with Gasteiger partial charge in [0.15, 0.2) is 0 Å². The molecule has 0 aromatic rings. The number of hydrogen-bond acceptors (Lipinski definition) is 2. The Labute approximate surface area is 85.1 Å². The molecular weight excluding hydrogens is 184 g/mol. The molecule has 0 bridgehead atoms. The van der Waals surface area contributed by atoms with Crippen molar-refractivity contribution in [2.75, 3.05) is 6.26 Å². The normalized spacial score (nSPS) is 17.8. The summed E-state index contributed by atoms with van der Waals surface area (Å²) in [6, 6.07) is 0. The molecule has 3 heteroatoms. The minimum absolute atomic E-state index is 0.489. The SMILES string of the molecule is CCC(C)CC(CC)(SC)C(=O)O. The summed E-state index contributed by atoms with van der Waals surface area (Å²) >= 11 is 1.47. The molecule has 0 aliphatic carbocycles. The van der Waals surface area contributed by atoms with Crippen molar-refractivity contribution in [2.24, 2.45) is 5.92 Å². The van der Waals surface area contributed by atoms with Gasteiger partial charge in [-0.25, -0.2) is 0 Å². The number of carboxylic acids is 1. The monoisotopic (exact) mass is 204 g/mol. The van der Waals surface area contributed by atoms with Crippen molar-refractivity contribution in [2.45, 2.75) is 44.8 Å². The lowest BCUT2D eigenvalue weighted by molar-refractivity contribution is -0.140. The van der Waals surface area contributed by atoms with Gasteiger partial charge < -0.3 is 5.11 Å². The molecule has 2 atom stereocenters. The predicted molar refractivity (Wildman–Crippen MR) is 58.2 cm³/mol. The topological polar surface area (TPSA) is 37.3 Å². The van der Waals surface area contributed by atoms with Gasteiger partial charge in [-0.15, -0.1) is 11.8 Å². The van der Waals surface area contributed by atoms with E-state index >= 15 is 0 Å². The smallest absolute Gasteiger partial charge is 0.319 e. The van der Waals surface area contributed by atoms with Crippen LogP contribution in [-0.4, -0.2) is 22.1 Å². The van der Waals surface area contributed by atoms with Crippen LogP contribution in [0.2, 0.25) is 0 Å². The second-order valence-electron chi connectivity index (χ2n) is 3.57. The van der Waals surface area contributed by atoms with Crippen molar-refractivity contribution in [3.05, 3.63) is 0 Å². The van der Waals surface area contributed by atoms with Crippen LogP contribution in [0.5, 0.6) is 0 Å². The highest BCUT2D eigenvalue weighted by molar-refractivity contribution is 8.00. The molecule has 0 aliphatic heterocycles. The van der Waals surface area contributed by atoms with Gasteiger partial charge in [-0.1, -0.05) is 27.2 Å². The lowest BCUT2D eigenvalue weighted by Crippen LogP contribution is -2.35. The average molecular weight is 204 g/mol. The fourth-order valence-corrected chi connectivity index (χ4v) is 2.32. The van der Waals surface area contributed by atoms with Gasteiger partial charge in [0.25, 0.3) is 0 Å². The van der Waals surface area contributed by atoms with E-state index in [0.29, 0.717) is 12.3 Å². The summed E-state index contributed by atoms with van der Waals surface area (Å²) in [7, 11) is 0. The zero-order valence-corrected chi connectivity index (χ0v) is 9.78. The molecule has 0 aromatic heterocycles. The van der Waals surface area contributed by atoms with Crippen molar-refractivity contribution >= 4 is 17.7 Å². The summed E-state index contributed by atoms with van der Waals surface area (Å²) in [5.74, 6) is -0.175. The van der Waals surface area contributed by atoms with Crippen molar-refractivity contribution in [1.29, 1.82) is 0 Å². The fraction of sp³-hybridized carbons (Fsp3) is 0.900. The number of aliphatic carboxylic acids is 1. The van der Waals surface area contributed by atoms with Gasteiger partial charge in [-0.05, 0) is 25.0 Å². The van der Waals surface area contributed by atoms with Gasteiger partial charge in [0.2, 0.25) is 0 Å². The highest BCUT2D eigenvalue weighted by atomic mass is 32.2. The Morgan fingerprint density at radius 1 is 1.54 bits per heavy atom. The maximum Gasteiger partial charge on any atom is 0.319 e. The molecule has 0 heterocycles. The molecular formula is C10H20O2S. The third kappa shape index (κ3) is 3.22. The van der Waals surface area contributed by atoms with Crippen molar-refractivity contribution in [3.8, 4) is 0 Å². The number of rotatable bonds is 6. The largest absolute Gasteiger partial charge is 0.480 e. The number of thioether (sulfide) groups is 1. The third-order valence-corrected chi connectivity index (χ3v) is 4.14. The van der Waals surface area contributed by atoms with E-state index in [1.54, 1.807) is 0 Å². The lowest BCUT2D eigenvalue weighted by atomic mass is 9.91. The Balaban J connectivity index is 4.48. The number of carbonyl (C=O) groups is 1. The van der Waals surface area contributed by atoms with Crippen LogP contribution in [0.3, 0.4) is 0 Å². The molecule has 2 nitrogen and oxygen atoms in total. The molecule has 0 rings (SSSR count). The minimum Gasteiger partial charge on any atom is -0.480 e. The Morgan fingerprint density at radius 3 is 2.31 bits per heavy atom. The van der Waals surface area contributed by atoms with Gasteiger partial charge in [-0.2, -0.15) is 0 Å². The van der Waals surface area contributed by atoms with E-state index in [1.807, 2.05) is 13.2 Å². The standard InChI is InChI=1S/C10H20O2S/c1-5-8(3)7-10(6-2,13-4)9(11)12/h8H,5-7H2,1-4H3,(H,11,12). The van der Waals surface area contributed by atoms with Crippen LogP contribution >= 0.6 is 11.8 Å². The Bertz CT molecular complexity index is 164. The predicted octanol–water partition coefficient (Wildman–Crippen LogP) is 3.02. The summed E-state index contributed by atoms with van der Waals surface area (Å²) in [6.07, 6.45) is 4.42. The molecule has 0 fully saturated rings. The first kappa shape index (κ1) is 12.8. The van der Waals surface area contributed by atoms with Crippen molar-refractivity contribution in [3.63, 3.8) is 0 Å². The van der Waals surface area contributed by atoms with E-state index < -0.39 is 10.7 Å². The van der Waals surface area contributed by atoms with Gasteiger partial charge in [0.05, 0.1) is 0 Å². The second kappa shape index (κ2) is 5.53. The van der Waals surface area contributed by atoms with Crippen LogP contribution in [0, 0.1) is 5.92 Å². The molecule has 78 valence electrons. The fourth-order valence-electron chi connectivity index (χ4n) is 1.41. The van der Waals surface area contributed by atoms with Crippen LogP contribution in [0.4, 0.5) is 0 Å². The van der Waals surface area contributed by atoms with E-state index in [1.165, 1.54) is 11.8 Å². The lowest BCUT2D eigenvalue weighted by Gasteiger charge is -2.28. The highest BCUT2D eigenvalue weighted by Crippen LogP contribution is 2.34. The van der Waals surface area contributed by atoms with Gasteiger partial charge in [0, 0.05) is 0 Å². The van der Waals surface area contributed by atoms with E-state index in [9.17, 15) is 4.79 Å². The van der Waals surface area contributed by atoms with Gasteiger partial charge >= 0.3 is 5.97 Å². The third-order valence-electron chi connectivity index (χ3n) is 2.73. The molecule has 13 heavy (non-hydrogen) atoms. The molecule has 0 aliphatic rings. The zero-order chi connectivity index (χ0) is 10.5. The molecule has 2 unspecified atom stereocenters. The number of hydrogen-bond donors (Lipinski definition) is 1. The van der Waals surface area contributed by atoms with Crippen molar-refractivity contribution < 1.29 is 9.90 Å². The Hall–Kier alpha value is -0.180. The zero-order valence-electron chi connectivity index (χ0n) is 8.96. The Kier molecular flexibility index (Phi) is 5.45. The average Bonchev–Trinajstić information content (AvgIpc) is 2.13. The summed E-state index contributed by atoms with van der Waals surface area (Å²) in [5, 5.41) is 9.15. The quantitative estimate of drug-likeness (QED) is 0.722. The summed E-state index contributed by atoms with van der Waals surface area (Å²) in [6.45, 7) is 6.17. The summed E-state index contributed by atoms with van der Waals surface area (Å²) < 4.78 is -0.560. The first-order chi connectivity index (χ1) is 6.02. The van der Waals surface area contributed by atoms with Crippen LogP contribution < -0.4 is 0 Å².